The number of rotatable bonds is 5. The molecule has 31 heavy (non-hydrogen) atoms. The molecule has 0 saturated heterocycles. The molecular weight excluding hydrogens is 388 g/mol. The smallest absolute Gasteiger partial charge is 0.302 e. The molecule has 0 aromatic rings. The van der Waals surface area contributed by atoms with Crippen molar-refractivity contribution in [3.8, 4) is 0 Å². The second-order valence-corrected chi connectivity index (χ2v) is 11.8. The molecule has 0 aromatic heterocycles. The summed E-state index contributed by atoms with van der Waals surface area (Å²) in [4.78, 5) is 25.0. The van der Waals surface area contributed by atoms with Gasteiger partial charge < -0.3 is 9.84 Å². The van der Waals surface area contributed by atoms with Crippen LogP contribution in [-0.2, 0) is 14.3 Å². The van der Waals surface area contributed by atoms with Crippen molar-refractivity contribution in [2.24, 2.45) is 40.4 Å². The minimum absolute atomic E-state index is 0.00416. The minimum atomic E-state index is -0.161. The summed E-state index contributed by atoms with van der Waals surface area (Å²) in [6.07, 6.45) is 9.01. The summed E-state index contributed by atoms with van der Waals surface area (Å²) in [5.74, 6) is 2.62. The highest BCUT2D eigenvalue weighted by Crippen LogP contribution is 2.66. The third kappa shape index (κ3) is 3.71. The maximum atomic E-state index is 13.5. The van der Waals surface area contributed by atoms with Gasteiger partial charge in [-0.15, -0.1) is 0 Å². The first-order chi connectivity index (χ1) is 14.6. The van der Waals surface area contributed by atoms with Gasteiger partial charge in [0.2, 0.25) is 0 Å². The highest BCUT2D eigenvalue weighted by Gasteiger charge is 2.59. The largest absolute Gasteiger partial charge is 0.463 e. The van der Waals surface area contributed by atoms with E-state index in [2.05, 4.69) is 27.7 Å². The van der Waals surface area contributed by atoms with Crippen LogP contribution in [0.2, 0.25) is 0 Å². The van der Waals surface area contributed by atoms with Crippen molar-refractivity contribution in [1.82, 2.24) is 0 Å². The summed E-state index contributed by atoms with van der Waals surface area (Å²) in [7, 11) is 0. The zero-order valence-electron chi connectivity index (χ0n) is 20.2. The van der Waals surface area contributed by atoms with Gasteiger partial charge in [0.25, 0.3) is 0 Å². The lowest BCUT2D eigenvalue weighted by Crippen LogP contribution is -2.51. The topological polar surface area (TPSA) is 63.6 Å². The lowest BCUT2D eigenvalue weighted by molar-refractivity contribution is -0.153. The Hall–Kier alpha value is -1.16. The number of Topliss-reactive ketones (excluding diaryl/α,β-unsaturated/α-hetero) is 1. The van der Waals surface area contributed by atoms with Crippen LogP contribution in [-0.4, -0.2) is 29.6 Å². The molecule has 4 rings (SSSR count). The number of carbonyl (C=O) groups is 2. The van der Waals surface area contributed by atoms with Crippen LogP contribution in [0.25, 0.3) is 0 Å². The third-order valence-corrected chi connectivity index (χ3v) is 9.98. The Kier molecular flexibility index (Phi) is 6.17. The van der Waals surface area contributed by atoms with Gasteiger partial charge in [-0.2, -0.15) is 0 Å². The molecule has 4 heteroatoms. The van der Waals surface area contributed by atoms with Crippen molar-refractivity contribution >= 4 is 11.8 Å². The van der Waals surface area contributed by atoms with Crippen LogP contribution in [0.5, 0.6) is 0 Å². The summed E-state index contributed by atoms with van der Waals surface area (Å²) in [5, 5.41) is 9.30. The number of allylic oxidation sites excluding steroid dienone is 2. The highest BCUT2D eigenvalue weighted by molar-refractivity contribution is 6.00. The first-order valence-corrected chi connectivity index (χ1v) is 12.7. The standard InChI is InChI=1S/C27H42O4/c1-16(7-6-12-28)22-15-23(30)25-24-17(2)13-19-14-20(31-18(3)29)8-10-26(19,4)21(24)9-11-27(22,25)5/h16-17,19-22,28H,6-15H2,1-5H3/t16-,17-,19+,20+,21+,22-,26+,27-/m1/s1. The summed E-state index contributed by atoms with van der Waals surface area (Å²) < 4.78 is 5.61. The van der Waals surface area contributed by atoms with Gasteiger partial charge in [-0.25, -0.2) is 0 Å². The zero-order valence-corrected chi connectivity index (χ0v) is 20.2. The fourth-order valence-corrected chi connectivity index (χ4v) is 8.42. The molecule has 0 spiro atoms. The maximum absolute atomic E-state index is 13.5. The molecule has 174 valence electrons. The Morgan fingerprint density at radius 2 is 1.97 bits per heavy atom. The molecule has 0 aromatic carbocycles. The number of carbonyl (C=O) groups excluding carboxylic acids is 2. The zero-order chi connectivity index (χ0) is 22.6. The average Bonchev–Trinajstić information content (AvgIpc) is 2.98. The van der Waals surface area contributed by atoms with Gasteiger partial charge in [-0.3, -0.25) is 9.59 Å². The Morgan fingerprint density at radius 1 is 1.23 bits per heavy atom. The average molecular weight is 431 g/mol. The fourth-order valence-electron chi connectivity index (χ4n) is 8.42. The molecule has 0 bridgehead atoms. The van der Waals surface area contributed by atoms with Crippen molar-refractivity contribution in [2.45, 2.75) is 98.5 Å². The van der Waals surface area contributed by atoms with Crippen molar-refractivity contribution in [3.63, 3.8) is 0 Å². The summed E-state index contributed by atoms with van der Waals surface area (Å²) in [6, 6.07) is 0. The number of aliphatic hydroxyl groups excluding tert-OH is 1. The molecular formula is C27H42O4. The van der Waals surface area contributed by atoms with Crippen LogP contribution >= 0.6 is 0 Å². The van der Waals surface area contributed by atoms with E-state index in [4.69, 9.17) is 4.74 Å². The fraction of sp³-hybridized carbons (Fsp3) is 0.852. The number of ketones is 1. The first kappa shape index (κ1) is 23.0. The van der Waals surface area contributed by atoms with Gasteiger partial charge in [-0.05, 0) is 91.8 Å². The predicted molar refractivity (Wildman–Crippen MR) is 121 cm³/mol. The quantitative estimate of drug-likeness (QED) is 0.587. The summed E-state index contributed by atoms with van der Waals surface area (Å²) in [6.45, 7) is 11.2. The third-order valence-electron chi connectivity index (χ3n) is 9.98. The van der Waals surface area contributed by atoms with Gasteiger partial charge >= 0.3 is 5.97 Å². The van der Waals surface area contributed by atoms with E-state index >= 15 is 0 Å². The molecule has 0 heterocycles. The first-order valence-electron chi connectivity index (χ1n) is 12.7. The predicted octanol–water partition coefficient (Wildman–Crippen LogP) is 5.47. The van der Waals surface area contributed by atoms with Gasteiger partial charge in [0.05, 0.1) is 0 Å². The Labute approximate surface area is 188 Å². The van der Waals surface area contributed by atoms with E-state index in [9.17, 15) is 14.7 Å². The number of aliphatic hydroxyl groups is 1. The van der Waals surface area contributed by atoms with Gasteiger partial charge in [0.1, 0.15) is 6.10 Å². The summed E-state index contributed by atoms with van der Waals surface area (Å²) in [5.41, 5.74) is 2.93. The lowest BCUT2D eigenvalue weighted by Gasteiger charge is -2.58. The molecule has 1 N–H and O–H groups in total. The van der Waals surface area contributed by atoms with Crippen LogP contribution in [0.4, 0.5) is 0 Å². The van der Waals surface area contributed by atoms with Gasteiger partial charge in [0, 0.05) is 25.5 Å². The van der Waals surface area contributed by atoms with Crippen LogP contribution in [0.1, 0.15) is 92.4 Å². The molecule has 0 unspecified atom stereocenters. The second kappa shape index (κ2) is 8.32. The van der Waals surface area contributed by atoms with E-state index in [-0.39, 0.29) is 29.5 Å². The molecule has 3 saturated carbocycles. The Bertz CT molecular complexity index is 769. The van der Waals surface area contributed by atoms with E-state index in [1.54, 1.807) is 0 Å². The van der Waals surface area contributed by atoms with Gasteiger partial charge in [0.15, 0.2) is 5.78 Å². The molecule has 0 amide bonds. The van der Waals surface area contributed by atoms with E-state index in [1.165, 1.54) is 24.5 Å². The van der Waals surface area contributed by atoms with Gasteiger partial charge in [-0.1, -0.05) is 33.3 Å². The van der Waals surface area contributed by atoms with Crippen LogP contribution < -0.4 is 0 Å². The number of hydrogen-bond acceptors (Lipinski definition) is 4. The van der Waals surface area contributed by atoms with Crippen LogP contribution in [0.15, 0.2) is 11.1 Å². The van der Waals surface area contributed by atoms with Crippen molar-refractivity contribution in [3.05, 3.63) is 11.1 Å². The molecule has 4 aliphatic carbocycles. The number of ether oxygens (including phenoxy) is 1. The number of fused-ring (bicyclic) bond motifs is 4. The summed E-state index contributed by atoms with van der Waals surface area (Å²) >= 11 is 0. The number of esters is 1. The molecule has 4 nitrogen and oxygen atoms in total. The molecule has 8 atom stereocenters. The minimum Gasteiger partial charge on any atom is -0.463 e. The van der Waals surface area contributed by atoms with Crippen LogP contribution in [0, 0.1) is 40.4 Å². The van der Waals surface area contributed by atoms with E-state index in [1.807, 2.05) is 0 Å². The molecule has 4 aliphatic rings. The van der Waals surface area contributed by atoms with E-state index in [0.717, 1.165) is 44.9 Å². The number of hydrogen-bond donors (Lipinski definition) is 1. The van der Waals surface area contributed by atoms with E-state index in [0.29, 0.717) is 41.8 Å². The molecule has 0 aliphatic heterocycles. The normalized spacial score (nSPS) is 43.2. The van der Waals surface area contributed by atoms with Crippen molar-refractivity contribution < 1.29 is 19.4 Å². The van der Waals surface area contributed by atoms with Crippen molar-refractivity contribution in [2.75, 3.05) is 6.61 Å². The molecule has 0 radical (unpaired) electrons. The highest BCUT2D eigenvalue weighted by atomic mass is 16.5. The Balaban J connectivity index is 1.65. The lowest BCUT2D eigenvalue weighted by atomic mass is 9.47. The SMILES string of the molecule is CC(=O)O[C@H]1CC[C@@]2(C)[C@H](C1)C[C@@H](C)C1=C3C(=O)C[C@H]([C@H](C)CCCO)[C@@]3(C)CC[C@@H]12. The second-order valence-electron chi connectivity index (χ2n) is 11.8. The van der Waals surface area contributed by atoms with Crippen LogP contribution in [0.3, 0.4) is 0 Å². The van der Waals surface area contributed by atoms with E-state index < -0.39 is 0 Å². The maximum Gasteiger partial charge on any atom is 0.302 e. The monoisotopic (exact) mass is 430 g/mol. The molecule has 3 fully saturated rings. The Morgan fingerprint density at radius 3 is 2.65 bits per heavy atom. The van der Waals surface area contributed by atoms with Crippen molar-refractivity contribution in [1.29, 1.82) is 0 Å².